The van der Waals surface area contributed by atoms with Crippen LogP contribution in [0.2, 0.25) is 0 Å². The number of aromatic nitrogens is 1. The highest BCUT2D eigenvalue weighted by atomic mass is 16.5. The maximum atomic E-state index is 9.69. The van der Waals surface area contributed by atoms with Crippen LogP contribution in [0, 0.1) is 11.3 Å². The van der Waals surface area contributed by atoms with Gasteiger partial charge in [-0.3, -0.25) is 10.3 Å². The fourth-order valence-corrected chi connectivity index (χ4v) is 1.94. The summed E-state index contributed by atoms with van der Waals surface area (Å²) in [5, 5.41) is 22.2. The molecule has 0 saturated heterocycles. The second kappa shape index (κ2) is 7.27. The Hall–Kier alpha value is -2.58. The molecule has 5 heteroatoms. The molecule has 0 saturated carbocycles. The van der Waals surface area contributed by atoms with Crippen molar-refractivity contribution in [3.63, 3.8) is 0 Å². The number of aromatic hydroxyl groups is 1. The third-order valence-corrected chi connectivity index (χ3v) is 2.98. The van der Waals surface area contributed by atoms with Crippen molar-refractivity contribution in [1.82, 2.24) is 10.3 Å². The van der Waals surface area contributed by atoms with Gasteiger partial charge in [-0.2, -0.15) is 5.26 Å². The molecule has 0 spiro atoms. The lowest BCUT2D eigenvalue weighted by Gasteiger charge is -2.14. The Morgan fingerprint density at radius 2 is 2.29 bits per heavy atom. The van der Waals surface area contributed by atoms with Gasteiger partial charge < -0.3 is 9.84 Å². The first-order valence-corrected chi connectivity index (χ1v) is 6.72. The molecular weight excluding hydrogens is 266 g/mol. The van der Waals surface area contributed by atoms with Gasteiger partial charge in [-0.1, -0.05) is 12.1 Å². The monoisotopic (exact) mass is 283 g/mol. The predicted molar refractivity (Wildman–Crippen MR) is 78.7 cm³/mol. The van der Waals surface area contributed by atoms with E-state index >= 15 is 0 Å². The van der Waals surface area contributed by atoms with Gasteiger partial charge in [0, 0.05) is 18.9 Å². The van der Waals surface area contributed by atoms with Crippen LogP contribution in [0.3, 0.4) is 0 Å². The predicted octanol–water partition coefficient (Wildman–Crippen LogP) is 2.54. The van der Waals surface area contributed by atoms with Gasteiger partial charge in [0.2, 0.25) is 0 Å². The summed E-state index contributed by atoms with van der Waals surface area (Å²) in [6.45, 7) is 2.84. The number of benzene rings is 1. The number of hydrogen-bond donors (Lipinski definition) is 2. The highest BCUT2D eigenvalue weighted by Gasteiger charge is 2.13. The smallest absolute Gasteiger partial charge is 0.161 e. The lowest BCUT2D eigenvalue weighted by molar-refractivity contribution is 0.317. The van der Waals surface area contributed by atoms with Crippen molar-refractivity contribution in [2.75, 3.05) is 6.61 Å². The largest absolute Gasteiger partial charge is 0.504 e. The summed E-state index contributed by atoms with van der Waals surface area (Å²) in [5.41, 5.74) is 1.75. The summed E-state index contributed by atoms with van der Waals surface area (Å²) >= 11 is 0. The van der Waals surface area contributed by atoms with Gasteiger partial charge in [-0.05, 0) is 36.2 Å². The second-order valence-electron chi connectivity index (χ2n) is 4.46. The van der Waals surface area contributed by atoms with Gasteiger partial charge >= 0.3 is 0 Å². The first-order chi connectivity index (χ1) is 10.2. The minimum absolute atomic E-state index is 0.0737. The van der Waals surface area contributed by atoms with Gasteiger partial charge in [-0.15, -0.1) is 0 Å². The molecule has 0 aliphatic heterocycles. The highest BCUT2D eigenvalue weighted by molar-refractivity contribution is 5.43. The van der Waals surface area contributed by atoms with Crippen molar-refractivity contribution in [2.24, 2.45) is 0 Å². The maximum Gasteiger partial charge on any atom is 0.161 e. The van der Waals surface area contributed by atoms with Crippen molar-refractivity contribution in [1.29, 1.82) is 5.26 Å². The van der Waals surface area contributed by atoms with Crippen molar-refractivity contribution >= 4 is 0 Å². The molecule has 2 N–H and O–H groups in total. The van der Waals surface area contributed by atoms with E-state index in [0.29, 0.717) is 18.9 Å². The van der Waals surface area contributed by atoms with Crippen molar-refractivity contribution in [3.05, 3.63) is 53.9 Å². The minimum atomic E-state index is -0.481. The van der Waals surface area contributed by atoms with E-state index in [-0.39, 0.29) is 5.75 Å². The first-order valence-electron chi connectivity index (χ1n) is 6.72. The van der Waals surface area contributed by atoms with E-state index in [0.717, 1.165) is 11.1 Å². The molecule has 108 valence electrons. The summed E-state index contributed by atoms with van der Waals surface area (Å²) in [4.78, 5) is 4.04. The summed E-state index contributed by atoms with van der Waals surface area (Å²) in [5.74, 6) is 0.461. The molecule has 1 heterocycles. The van der Waals surface area contributed by atoms with E-state index in [2.05, 4.69) is 16.4 Å². The summed E-state index contributed by atoms with van der Waals surface area (Å²) in [7, 11) is 0. The summed E-state index contributed by atoms with van der Waals surface area (Å²) < 4.78 is 5.34. The quantitative estimate of drug-likeness (QED) is 0.851. The van der Waals surface area contributed by atoms with Crippen LogP contribution < -0.4 is 10.1 Å². The number of pyridine rings is 1. The van der Waals surface area contributed by atoms with E-state index in [1.807, 2.05) is 19.1 Å². The number of nitriles is 1. The molecule has 0 fully saturated rings. The lowest BCUT2D eigenvalue weighted by atomic mass is 10.1. The number of phenols is 1. The molecule has 0 aliphatic carbocycles. The van der Waals surface area contributed by atoms with Crippen LogP contribution in [0.1, 0.15) is 24.1 Å². The van der Waals surface area contributed by atoms with E-state index in [1.54, 1.807) is 24.5 Å². The number of hydrogen-bond acceptors (Lipinski definition) is 5. The average molecular weight is 283 g/mol. The van der Waals surface area contributed by atoms with Crippen LogP contribution >= 0.6 is 0 Å². The average Bonchev–Trinajstić information content (AvgIpc) is 2.52. The molecule has 1 aromatic carbocycles. The van der Waals surface area contributed by atoms with Crippen LogP contribution in [0.25, 0.3) is 0 Å². The van der Waals surface area contributed by atoms with Gasteiger partial charge in [0.15, 0.2) is 11.5 Å². The van der Waals surface area contributed by atoms with Crippen LogP contribution in [0.4, 0.5) is 0 Å². The molecule has 1 atom stereocenters. The first kappa shape index (κ1) is 14.8. The summed E-state index contributed by atoms with van der Waals surface area (Å²) in [6.07, 6.45) is 3.46. The van der Waals surface area contributed by atoms with E-state index in [9.17, 15) is 10.4 Å². The molecule has 0 amide bonds. The minimum Gasteiger partial charge on any atom is -0.504 e. The van der Waals surface area contributed by atoms with Gasteiger partial charge in [0.05, 0.1) is 12.7 Å². The fraction of sp³-hybridized carbons (Fsp3) is 0.250. The molecule has 5 nitrogen and oxygen atoms in total. The zero-order valence-corrected chi connectivity index (χ0v) is 11.8. The van der Waals surface area contributed by atoms with Crippen LogP contribution in [0.15, 0.2) is 42.7 Å². The Kier molecular flexibility index (Phi) is 5.13. The van der Waals surface area contributed by atoms with Crippen LogP contribution in [-0.2, 0) is 6.54 Å². The molecule has 0 radical (unpaired) electrons. The molecule has 21 heavy (non-hydrogen) atoms. The zero-order chi connectivity index (χ0) is 15.1. The molecule has 2 aromatic rings. The van der Waals surface area contributed by atoms with E-state index in [1.165, 1.54) is 6.07 Å². The zero-order valence-electron chi connectivity index (χ0n) is 11.8. The molecule has 0 aliphatic rings. The Morgan fingerprint density at radius 1 is 1.43 bits per heavy atom. The number of rotatable bonds is 6. The van der Waals surface area contributed by atoms with Crippen molar-refractivity contribution < 1.29 is 9.84 Å². The van der Waals surface area contributed by atoms with E-state index < -0.39 is 6.04 Å². The summed E-state index contributed by atoms with van der Waals surface area (Å²) in [6, 6.07) is 10.5. The number of ether oxygens (including phenoxy) is 1. The highest BCUT2D eigenvalue weighted by Crippen LogP contribution is 2.29. The second-order valence-corrected chi connectivity index (χ2v) is 4.46. The number of nitrogens with zero attached hydrogens (tertiary/aromatic N) is 2. The Labute approximate surface area is 123 Å². The Balaban J connectivity index is 2.10. The maximum absolute atomic E-state index is 9.69. The topological polar surface area (TPSA) is 78.2 Å². The SMILES string of the molecule is CCOc1cc(C(C#N)NCc2cccnc2)ccc1O. The van der Waals surface area contributed by atoms with E-state index in [4.69, 9.17) is 4.74 Å². The molecule has 0 bridgehead atoms. The molecular formula is C16H17N3O2. The number of nitrogens with one attached hydrogen (secondary N) is 1. The third-order valence-electron chi connectivity index (χ3n) is 2.98. The van der Waals surface area contributed by atoms with Gasteiger partial charge in [-0.25, -0.2) is 0 Å². The number of phenolic OH excluding ortho intramolecular Hbond substituents is 1. The van der Waals surface area contributed by atoms with Gasteiger partial charge in [0.1, 0.15) is 6.04 Å². The Bertz CT molecular complexity index is 623. The van der Waals surface area contributed by atoms with Crippen molar-refractivity contribution in [2.45, 2.75) is 19.5 Å². The van der Waals surface area contributed by atoms with Crippen LogP contribution in [0.5, 0.6) is 11.5 Å². The van der Waals surface area contributed by atoms with Crippen molar-refractivity contribution in [3.8, 4) is 17.6 Å². The molecule has 1 unspecified atom stereocenters. The van der Waals surface area contributed by atoms with Crippen LogP contribution in [-0.4, -0.2) is 16.7 Å². The third kappa shape index (κ3) is 3.94. The van der Waals surface area contributed by atoms with Gasteiger partial charge in [0.25, 0.3) is 0 Å². The lowest BCUT2D eigenvalue weighted by Crippen LogP contribution is -2.19. The molecule has 1 aromatic heterocycles. The normalized spacial score (nSPS) is 11.6. The Morgan fingerprint density at radius 3 is 2.95 bits per heavy atom. The fourth-order valence-electron chi connectivity index (χ4n) is 1.94. The molecule has 2 rings (SSSR count). The standard InChI is InChI=1S/C16H17N3O2/c1-2-21-16-8-13(5-6-15(16)20)14(9-17)19-11-12-4-3-7-18-10-12/h3-8,10,14,19-20H,2,11H2,1H3.